The quantitative estimate of drug-likeness (QED) is 0.685. The minimum absolute atomic E-state index is 0.0608. The minimum atomic E-state index is -1.08. The minimum Gasteiger partial charge on any atom is -0.476 e. The van der Waals surface area contributed by atoms with Crippen LogP contribution in [-0.2, 0) is 6.42 Å². The first-order chi connectivity index (χ1) is 5.65. The van der Waals surface area contributed by atoms with E-state index in [2.05, 4.69) is 4.98 Å². The van der Waals surface area contributed by atoms with Crippen molar-refractivity contribution < 1.29 is 9.90 Å². The zero-order valence-corrected chi connectivity index (χ0v) is 6.74. The Hall–Kier alpha value is -1.58. The Kier molecular flexibility index (Phi) is 2.28. The van der Waals surface area contributed by atoms with E-state index in [9.17, 15) is 4.79 Å². The van der Waals surface area contributed by atoms with Gasteiger partial charge in [0.05, 0.1) is 5.69 Å². The summed E-state index contributed by atoms with van der Waals surface area (Å²) in [4.78, 5) is 14.4. The number of anilines is 1. The fraction of sp³-hybridized carbons (Fsp3) is 0.250. The number of rotatable bonds is 2. The van der Waals surface area contributed by atoms with Crippen LogP contribution in [0.5, 0.6) is 0 Å². The molecule has 0 aromatic carbocycles. The number of nitrogens with two attached hydrogens (primary N) is 1. The fourth-order valence-corrected chi connectivity index (χ4v) is 0.879. The number of pyridine rings is 1. The molecule has 4 heteroatoms. The number of carboxylic acids is 1. The molecule has 0 atom stereocenters. The van der Waals surface area contributed by atoms with Crippen LogP contribution in [0.25, 0.3) is 0 Å². The fourth-order valence-electron chi connectivity index (χ4n) is 0.879. The van der Waals surface area contributed by atoms with Gasteiger partial charge in [-0.05, 0) is 18.6 Å². The van der Waals surface area contributed by atoms with Crippen molar-refractivity contribution >= 4 is 11.7 Å². The first-order valence-electron chi connectivity index (χ1n) is 3.63. The normalized spacial score (nSPS) is 9.75. The van der Waals surface area contributed by atoms with E-state index in [1.54, 1.807) is 12.1 Å². The Morgan fingerprint density at radius 2 is 2.33 bits per heavy atom. The van der Waals surface area contributed by atoms with Gasteiger partial charge >= 0.3 is 5.97 Å². The second-order valence-electron chi connectivity index (χ2n) is 2.40. The van der Waals surface area contributed by atoms with Gasteiger partial charge in [-0.3, -0.25) is 0 Å². The Morgan fingerprint density at radius 3 is 2.83 bits per heavy atom. The summed E-state index contributed by atoms with van der Waals surface area (Å²) < 4.78 is 0. The van der Waals surface area contributed by atoms with Gasteiger partial charge in [0.1, 0.15) is 0 Å². The standard InChI is InChI=1S/C8H10N2O2/c1-2-5-3-4-6(9)7(10-5)8(11)12/h3-4H,2,9H2,1H3,(H,11,12). The van der Waals surface area contributed by atoms with Crippen molar-refractivity contribution in [1.82, 2.24) is 4.98 Å². The monoisotopic (exact) mass is 166 g/mol. The predicted octanol–water partition coefficient (Wildman–Crippen LogP) is 0.924. The van der Waals surface area contributed by atoms with Crippen LogP contribution in [0, 0.1) is 0 Å². The van der Waals surface area contributed by atoms with Gasteiger partial charge < -0.3 is 10.8 Å². The summed E-state index contributed by atoms with van der Waals surface area (Å²) in [6, 6.07) is 3.29. The average molecular weight is 166 g/mol. The molecule has 3 N–H and O–H groups in total. The predicted molar refractivity (Wildman–Crippen MR) is 45.0 cm³/mol. The summed E-state index contributed by atoms with van der Waals surface area (Å²) in [7, 11) is 0. The molecular formula is C8H10N2O2. The Bertz CT molecular complexity index is 310. The number of nitrogen functional groups attached to an aromatic ring is 1. The third kappa shape index (κ3) is 1.53. The molecule has 0 amide bonds. The van der Waals surface area contributed by atoms with E-state index in [0.717, 1.165) is 5.69 Å². The van der Waals surface area contributed by atoms with Gasteiger partial charge in [0.15, 0.2) is 5.69 Å². The molecule has 0 radical (unpaired) electrons. The van der Waals surface area contributed by atoms with E-state index in [4.69, 9.17) is 10.8 Å². The van der Waals surface area contributed by atoms with Gasteiger partial charge in [-0.15, -0.1) is 0 Å². The van der Waals surface area contributed by atoms with Crippen LogP contribution in [0.15, 0.2) is 12.1 Å². The van der Waals surface area contributed by atoms with E-state index < -0.39 is 5.97 Å². The van der Waals surface area contributed by atoms with Crippen LogP contribution in [0.1, 0.15) is 23.1 Å². The largest absolute Gasteiger partial charge is 0.476 e. The third-order valence-electron chi connectivity index (χ3n) is 1.55. The maximum atomic E-state index is 10.5. The number of aromatic nitrogens is 1. The van der Waals surface area contributed by atoms with Gasteiger partial charge in [0.2, 0.25) is 0 Å². The average Bonchev–Trinajstić information content (AvgIpc) is 2.05. The van der Waals surface area contributed by atoms with Crippen molar-refractivity contribution in [2.75, 3.05) is 5.73 Å². The smallest absolute Gasteiger partial charge is 0.356 e. The molecule has 0 fully saturated rings. The number of hydrogen-bond acceptors (Lipinski definition) is 3. The number of nitrogens with zero attached hydrogens (tertiary/aromatic N) is 1. The summed E-state index contributed by atoms with van der Waals surface area (Å²) in [5.41, 5.74) is 6.29. The van der Waals surface area contributed by atoms with Gasteiger partial charge in [-0.25, -0.2) is 9.78 Å². The number of aryl methyl sites for hydroxylation is 1. The van der Waals surface area contributed by atoms with E-state index in [0.29, 0.717) is 6.42 Å². The van der Waals surface area contributed by atoms with Gasteiger partial charge in [0, 0.05) is 5.69 Å². The second kappa shape index (κ2) is 3.21. The molecule has 0 bridgehead atoms. The Balaban J connectivity index is 3.17. The molecule has 0 unspecified atom stereocenters. The Labute approximate surface area is 70.0 Å². The van der Waals surface area contributed by atoms with Crippen LogP contribution in [-0.4, -0.2) is 16.1 Å². The molecule has 1 heterocycles. The van der Waals surface area contributed by atoms with Crippen molar-refractivity contribution in [3.63, 3.8) is 0 Å². The lowest BCUT2D eigenvalue weighted by Crippen LogP contribution is -2.06. The van der Waals surface area contributed by atoms with Crippen LogP contribution < -0.4 is 5.73 Å². The van der Waals surface area contributed by atoms with E-state index in [1.165, 1.54) is 0 Å². The van der Waals surface area contributed by atoms with Crippen molar-refractivity contribution in [3.05, 3.63) is 23.5 Å². The summed E-state index contributed by atoms with van der Waals surface area (Å²) in [5.74, 6) is -1.08. The Morgan fingerprint density at radius 1 is 1.67 bits per heavy atom. The summed E-state index contributed by atoms with van der Waals surface area (Å²) >= 11 is 0. The number of hydrogen-bond donors (Lipinski definition) is 2. The van der Waals surface area contributed by atoms with E-state index in [1.807, 2.05) is 6.92 Å². The first kappa shape index (κ1) is 8.52. The van der Waals surface area contributed by atoms with Crippen molar-refractivity contribution in [3.8, 4) is 0 Å². The lowest BCUT2D eigenvalue weighted by atomic mass is 10.2. The molecule has 4 nitrogen and oxygen atoms in total. The summed E-state index contributed by atoms with van der Waals surface area (Å²) in [6.45, 7) is 1.91. The van der Waals surface area contributed by atoms with Crippen molar-refractivity contribution in [2.24, 2.45) is 0 Å². The second-order valence-corrected chi connectivity index (χ2v) is 2.40. The first-order valence-corrected chi connectivity index (χ1v) is 3.63. The molecule has 1 aromatic rings. The molecular weight excluding hydrogens is 156 g/mol. The highest BCUT2D eigenvalue weighted by molar-refractivity contribution is 5.91. The molecule has 0 saturated heterocycles. The number of carboxylic acid groups (broad SMARTS) is 1. The lowest BCUT2D eigenvalue weighted by molar-refractivity contribution is 0.0691. The maximum absolute atomic E-state index is 10.5. The zero-order chi connectivity index (χ0) is 9.14. The van der Waals surface area contributed by atoms with Crippen molar-refractivity contribution in [1.29, 1.82) is 0 Å². The number of aromatic carboxylic acids is 1. The van der Waals surface area contributed by atoms with Gasteiger partial charge in [-0.1, -0.05) is 6.92 Å². The van der Waals surface area contributed by atoms with E-state index in [-0.39, 0.29) is 11.4 Å². The van der Waals surface area contributed by atoms with Crippen LogP contribution in [0.4, 0.5) is 5.69 Å². The van der Waals surface area contributed by atoms with Gasteiger partial charge in [0.25, 0.3) is 0 Å². The summed E-state index contributed by atoms with van der Waals surface area (Å²) in [6.07, 6.45) is 0.709. The highest BCUT2D eigenvalue weighted by Gasteiger charge is 2.09. The molecule has 1 rings (SSSR count). The molecule has 0 aliphatic heterocycles. The number of carbonyl (C=O) groups is 1. The molecule has 1 aromatic heterocycles. The molecule has 0 aliphatic rings. The SMILES string of the molecule is CCc1ccc(N)c(C(=O)O)n1. The topological polar surface area (TPSA) is 76.2 Å². The molecule has 0 aliphatic carbocycles. The van der Waals surface area contributed by atoms with Gasteiger partial charge in [-0.2, -0.15) is 0 Å². The molecule has 64 valence electrons. The zero-order valence-electron chi connectivity index (χ0n) is 6.74. The highest BCUT2D eigenvalue weighted by Crippen LogP contribution is 2.09. The maximum Gasteiger partial charge on any atom is 0.356 e. The highest BCUT2D eigenvalue weighted by atomic mass is 16.4. The third-order valence-corrected chi connectivity index (χ3v) is 1.55. The van der Waals surface area contributed by atoms with E-state index >= 15 is 0 Å². The van der Waals surface area contributed by atoms with Crippen LogP contribution in [0.3, 0.4) is 0 Å². The summed E-state index contributed by atoms with van der Waals surface area (Å²) in [5, 5.41) is 8.64. The van der Waals surface area contributed by atoms with Crippen LogP contribution in [0.2, 0.25) is 0 Å². The van der Waals surface area contributed by atoms with Crippen LogP contribution >= 0.6 is 0 Å². The molecule has 12 heavy (non-hydrogen) atoms. The molecule has 0 saturated carbocycles. The lowest BCUT2D eigenvalue weighted by Gasteiger charge is -2.01. The van der Waals surface area contributed by atoms with Crippen molar-refractivity contribution in [2.45, 2.75) is 13.3 Å². The molecule has 0 spiro atoms.